The zero-order valence-electron chi connectivity index (χ0n) is 16.3. The largest absolute Gasteiger partial charge is 0.330 e. The molecule has 3 aromatic rings. The molecule has 2 aromatic carbocycles. The van der Waals surface area contributed by atoms with E-state index in [9.17, 15) is 9.18 Å². The molecular weight excluding hydrogens is 355 g/mol. The lowest BCUT2D eigenvalue weighted by Gasteiger charge is -2.29. The van der Waals surface area contributed by atoms with Crippen LogP contribution in [0.15, 0.2) is 42.5 Å². The standard InChI is InChI=1S/C22H25FN4O/c1-15-9-11-27(12-10-15)14-21-25-19-13-18(7-8-20(19)26(21)2)24-22(28)16-3-5-17(23)6-4-16/h3-8,13,15H,9-12,14H2,1-2H3,(H,24,28). The Morgan fingerprint density at radius 2 is 1.89 bits per heavy atom. The van der Waals surface area contributed by atoms with Crippen LogP contribution in [0.5, 0.6) is 0 Å². The summed E-state index contributed by atoms with van der Waals surface area (Å²) in [5, 5.41) is 2.86. The van der Waals surface area contributed by atoms with Crippen LogP contribution in [-0.2, 0) is 13.6 Å². The predicted octanol–water partition coefficient (Wildman–Crippen LogP) is 4.20. The molecule has 0 aliphatic carbocycles. The van der Waals surface area contributed by atoms with E-state index in [1.165, 1.54) is 37.1 Å². The molecule has 6 heteroatoms. The number of nitrogens with zero attached hydrogens (tertiary/aromatic N) is 3. The molecule has 4 rings (SSSR count). The van der Waals surface area contributed by atoms with E-state index in [1.54, 1.807) is 0 Å². The topological polar surface area (TPSA) is 50.2 Å². The van der Waals surface area contributed by atoms with Gasteiger partial charge in [0.25, 0.3) is 5.91 Å². The number of fused-ring (bicyclic) bond motifs is 1. The van der Waals surface area contributed by atoms with Crippen LogP contribution in [-0.4, -0.2) is 33.4 Å². The average Bonchev–Trinajstić information content (AvgIpc) is 2.99. The summed E-state index contributed by atoms with van der Waals surface area (Å²) < 4.78 is 15.2. The van der Waals surface area contributed by atoms with Crippen LogP contribution in [0, 0.1) is 11.7 Å². The number of halogens is 1. The number of nitrogens with one attached hydrogen (secondary N) is 1. The van der Waals surface area contributed by atoms with Crippen LogP contribution in [0.25, 0.3) is 11.0 Å². The van der Waals surface area contributed by atoms with Crippen LogP contribution < -0.4 is 5.32 Å². The first-order chi connectivity index (χ1) is 13.5. The van der Waals surface area contributed by atoms with Crippen molar-refractivity contribution in [2.75, 3.05) is 18.4 Å². The number of hydrogen-bond acceptors (Lipinski definition) is 3. The van der Waals surface area contributed by atoms with Gasteiger partial charge < -0.3 is 9.88 Å². The first-order valence-electron chi connectivity index (χ1n) is 9.74. The SMILES string of the molecule is CC1CCN(Cc2nc3cc(NC(=O)c4ccc(F)cc4)ccc3n2C)CC1. The molecule has 0 saturated carbocycles. The molecule has 0 atom stereocenters. The maximum Gasteiger partial charge on any atom is 0.255 e. The highest BCUT2D eigenvalue weighted by Gasteiger charge is 2.18. The molecule has 1 fully saturated rings. The van der Waals surface area contributed by atoms with Crippen molar-refractivity contribution < 1.29 is 9.18 Å². The van der Waals surface area contributed by atoms with Gasteiger partial charge in [-0.2, -0.15) is 0 Å². The second-order valence-corrected chi connectivity index (χ2v) is 7.71. The Bertz CT molecular complexity index is 988. The van der Waals surface area contributed by atoms with Crippen molar-refractivity contribution in [3.63, 3.8) is 0 Å². The Labute approximate surface area is 164 Å². The lowest BCUT2D eigenvalue weighted by molar-refractivity contribution is 0.102. The summed E-state index contributed by atoms with van der Waals surface area (Å²) in [4.78, 5) is 19.6. The molecule has 0 radical (unpaired) electrons. The van der Waals surface area contributed by atoms with Crippen molar-refractivity contribution in [2.24, 2.45) is 13.0 Å². The number of carbonyl (C=O) groups excluding carboxylic acids is 1. The molecule has 1 N–H and O–H groups in total. The number of piperidine rings is 1. The fraction of sp³-hybridized carbons (Fsp3) is 0.364. The maximum atomic E-state index is 13.0. The van der Waals surface area contributed by atoms with Gasteiger partial charge in [0.1, 0.15) is 11.6 Å². The zero-order valence-corrected chi connectivity index (χ0v) is 16.3. The number of carbonyl (C=O) groups is 1. The lowest BCUT2D eigenvalue weighted by Crippen LogP contribution is -2.33. The van der Waals surface area contributed by atoms with Crippen LogP contribution in [0.4, 0.5) is 10.1 Å². The predicted molar refractivity (Wildman–Crippen MR) is 109 cm³/mol. The minimum absolute atomic E-state index is 0.266. The number of hydrogen-bond donors (Lipinski definition) is 1. The summed E-state index contributed by atoms with van der Waals surface area (Å²) in [6.45, 7) is 5.38. The quantitative estimate of drug-likeness (QED) is 0.738. The number of anilines is 1. The number of rotatable bonds is 4. The third-order valence-corrected chi connectivity index (χ3v) is 5.58. The van der Waals surface area contributed by atoms with Gasteiger partial charge in [0.15, 0.2) is 0 Å². The van der Waals surface area contributed by atoms with E-state index in [4.69, 9.17) is 4.98 Å². The normalized spacial score (nSPS) is 15.8. The van der Waals surface area contributed by atoms with Crippen molar-refractivity contribution in [3.8, 4) is 0 Å². The molecule has 0 spiro atoms. The van der Waals surface area contributed by atoms with Crippen molar-refractivity contribution in [1.29, 1.82) is 0 Å². The van der Waals surface area contributed by atoms with Gasteiger partial charge in [-0.15, -0.1) is 0 Å². The number of benzene rings is 2. The summed E-state index contributed by atoms with van der Waals surface area (Å²) in [7, 11) is 2.04. The van der Waals surface area contributed by atoms with Gasteiger partial charge in [-0.3, -0.25) is 9.69 Å². The summed E-state index contributed by atoms with van der Waals surface area (Å²) in [6.07, 6.45) is 2.48. The van der Waals surface area contributed by atoms with Gasteiger partial charge in [-0.25, -0.2) is 9.37 Å². The monoisotopic (exact) mass is 380 g/mol. The minimum Gasteiger partial charge on any atom is -0.330 e. The fourth-order valence-electron chi connectivity index (χ4n) is 3.69. The van der Waals surface area contributed by atoms with E-state index >= 15 is 0 Å². The molecule has 5 nitrogen and oxygen atoms in total. The van der Waals surface area contributed by atoms with E-state index in [0.717, 1.165) is 42.4 Å². The van der Waals surface area contributed by atoms with Gasteiger partial charge >= 0.3 is 0 Å². The van der Waals surface area contributed by atoms with E-state index in [1.807, 2.05) is 25.2 Å². The van der Waals surface area contributed by atoms with Crippen molar-refractivity contribution >= 4 is 22.6 Å². The first-order valence-corrected chi connectivity index (χ1v) is 9.74. The number of imidazole rings is 1. The number of likely N-dealkylation sites (tertiary alicyclic amines) is 1. The molecule has 2 heterocycles. The van der Waals surface area contributed by atoms with Gasteiger partial charge in [0.05, 0.1) is 17.6 Å². The molecule has 1 aliphatic heterocycles. The Morgan fingerprint density at radius 3 is 2.61 bits per heavy atom. The first kappa shape index (κ1) is 18.6. The third kappa shape index (κ3) is 3.92. The van der Waals surface area contributed by atoms with Crippen LogP contribution in [0.2, 0.25) is 0 Å². The highest BCUT2D eigenvalue weighted by molar-refractivity contribution is 6.04. The number of aromatic nitrogens is 2. The lowest BCUT2D eigenvalue weighted by atomic mass is 9.99. The minimum atomic E-state index is -0.359. The Kier molecular flexibility index (Phi) is 5.13. The Morgan fingerprint density at radius 1 is 1.18 bits per heavy atom. The highest BCUT2D eigenvalue weighted by atomic mass is 19.1. The van der Waals surface area contributed by atoms with E-state index in [-0.39, 0.29) is 11.7 Å². The molecular formula is C22H25FN4O. The number of aryl methyl sites for hydroxylation is 1. The van der Waals surface area contributed by atoms with Crippen LogP contribution >= 0.6 is 0 Å². The molecule has 28 heavy (non-hydrogen) atoms. The van der Waals surface area contributed by atoms with Crippen LogP contribution in [0.3, 0.4) is 0 Å². The summed E-state index contributed by atoms with van der Waals surface area (Å²) >= 11 is 0. The van der Waals surface area contributed by atoms with E-state index < -0.39 is 0 Å². The summed E-state index contributed by atoms with van der Waals surface area (Å²) in [5.41, 5.74) is 3.00. The fourth-order valence-corrected chi connectivity index (χ4v) is 3.69. The van der Waals surface area contributed by atoms with Crippen molar-refractivity contribution in [3.05, 3.63) is 59.7 Å². The second-order valence-electron chi connectivity index (χ2n) is 7.71. The van der Waals surface area contributed by atoms with Crippen molar-refractivity contribution in [2.45, 2.75) is 26.3 Å². The smallest absolute Gasteiger partial charge is 0.255 e. The molecule has 1 amide bonds. The van der Waals surface area contributed by atoms with Gasteiger partial charge in [0, 0.05) is 18.3 Å². The molecule has 1 aromatic heterocycles. The summed E-state index contributed by atoms with van der Waals surface area (Å²) in [6, 6.07) is 11.2. The van der Waals surface area contributed by atoms with Crippen molar-refractivity contribution in [1.82, 2.24) is 14.5 Å². The molecule has 1 aliphatic rings. The van der Waals surface area contributed by atoms with Gasteiger partial charge in [-0.05, 0) is 74.3 Å². The van der Waals surface area contributed by atoms with E-state index in [2.05, 4.69) is 21.7 Å². The van der Waals surface area contributed by atoms with Gasteiger partial charge in [0.2, 0.25) is 0 Å². The second kappa shape index (κ2) is 7.72. The molecule has 0 bridgehead atoms. The highest BCUT2D eigenvalue weighted by Crippen LogP contribution is 2.23. The Balaban J connectivity index is 1.51. The van der Waals surface area contributed by atoms with Gasteiger partial charge in [-0.1, -0.05) is 6.92 Å². The molecule has 1 saturated heterocycles. The van der Waals surface area contributed by atoms with E-state index in [0.29, 0.717) is 11.3 Å². The zero-order chi connectivity index (χ0) is 19.7. The maximum absolute atomic E-state index is 13.0. The number of amides is 1. The summed E-state index contributed by atoms with van der Waals surface area (Å²) in [5.74, 6) is 1.22. The molecule has 0 unspecified atom stereocenters. The van der Waals surface area contributed by atoms with Crippen LogP contribution in [0.1, 0.15) is 35.9 Å². The molecule has 146 valence electrons. The Hall–Kier alpha value is -2.73. The average molecular weight is 380 g/mol. The third-order valence-electron chi connectivity index (χ3n) is 5.58.